The molecule has 0 aromatic carbocycles. The fourth-order valence-corrected chi connectivity index (χ4v) is 5.22. The zero-order valence-corrected chi connectivity index (χ0v) is 13.8. The first kappa shape index (κ1) is 16.8. The van der Waals surface area contributed by atoms with Gasteiger partial charge in [-0.15, -0.1) is 15.8 Å². The highest BCUT2D eigenvalue weighted by Crippen LogP contribution is 2.35. The van der Waals surface area contributed by atoms with E-state index in [1.165, 1.54) is 50.1 Å². The Kier molecular flexibility index (Phi) is 11.5. The molecule has 0 aliphatic rings. The largest absolute Gasteiger partial charge is 0.306 e. The summed E-state index contributed by atoms with van der Waals surface area (Å²) in [7, 11) is 2.99. The Balaban J connectivity index is 3.61. The predicted molar refractivity (Wildman–Crippen MR) is 83.2 cm³/mol. The van der Waals surface area contributed by atoms with Crippen LogP contribution >= 0.6 is 15.8 Å². The van der Waals surface area contributed by atoms with E-state index < -0.39 is 0 Å². The van der Waals surface area contributed by atoms with Crippen molar-refractivity contribution in [1.82, 2.24) is 4.90 Å². The summed E-state index contributed by atoms with van der Waals surface area (Å²) in [5.41, 5.74) is 0. The van der Waals surface area contributed by atoms with Gasteiger partial charge in [0.25, 0.3) is 0 Å². The van der Waals surface area contributed by atoms with Gasteiger partial charge in [0.15, 0.2) is 0 Å². The molecule has 3 heteroatoms. The molecule has 0 saturated heterocycles. The van der Waals surface area contributed by atoms with E-state index in [4.69, 9.17) is 0 Å². The summed E-state index contributed by atoms with van der Waals surface area (Å²) in [6.45, 7) is 12.0. The average molecular weight is 263 g/mol. The van der Waals surface area contributed by atoms with Crippen LogP contribution in [-0.2, 0) is 0 Å². The Hall–Kier alpha value is 0.820. The minimum Gasteiger partial charge on any atom is -0.306 e. The Bertz CT molecular complexity index is 129. The van der Waals surface area contributed by atoms with Gasteiger partial charge in [0.05, 0.1) is 0 Å². The lowest BCUT2D eigenvalue weighted by Crippen LogP contribution is -2.25. The van der Waals surface area contributed by atoms with Crippen molar-refractivity contribution in [2.75, 3.05) is 57.1 Å². The second kappa shape index (κ2) is 10.9. The molecule has 0 fully saturated rings. The van der Waals surface area contributed by atoms with Crippen molar-refractivity contribution in [3.05, 3.63) is 0 Å². The van der Waals surface area contributed by atoms with Crippen LogP contribution in [0, 0.1) is 0 Å². The predicted octanol–water partition coefficient (Wildman–Crippen LogP) is 3.96. The summed E-state index contributed by atoms with van der Waals surface area (Å²) >= 11 is 0. The molecule has 0 aliphatic carbocycles. The van der Waals surface area contributed by atoms with Gasteiger partial charge in [-0.1, -0.05) is 27.7 Å². The van der Waals surface area contributed by atoms with Crippen molar-refractivity contribution < 1.29 is 0 Å². The molecule has 0 spiro atoms. The maximum Gasteiger partial charge on any atom is 0.00178 e. The van der Waals surface area contributed by atoms with Gasteiger partial charge in [-0.3, -0.25) is 0 Å². The van der Waals surface area contributed by atoms with Gasteiger partial charge in [0.1, 0.15) is 0 Å². The van der Waals surface area contributed by atoms with Gasteiger partial charge in [-0.25, -0.2) is 0 Å². The Morgan fingerprint density at radius 1 is 0.688 bits per heavy atom. The quantitative estimate of drug-likeness (QED) is 0.539. The standard InChI is InChI=1S/C13H31NP2/c1-6-15(7-2)12-10-14(5)11-13-16(8-3)9-4/h6-13H2,1-5H3. The molecule has 16 heavy (non-hydrogen) atoms. The summed E-state index contributed by atoms with van der Waals surface area (Å²) < 4.78 is 0. The lowest BCUT2D eigenvalue weighted by atomic mass is 10.6. The molecular weight excluding hydrogens is 232 g/mol. The molecule has 0 rings (SSSR count). The summed E-state index contributed by atoms with van der Waals surface area (Å²) in [5.74, 6) is 0. The number of rotatable bonds is 10. The topological polar surface area (TPSA) is 3.24 Å². The van der Waals surface area contributed by atoms with Crippen LogP contribution in [0.1, 0.15) is 27.7 Å². The molecule has 0 N–H and O–H groups in total. The van der Waals surface area contributed by atoms with Crippen LogP contribution in [-0.4, -0.2) is 62.0 Å². The fraction of sp³-hybridized carbons (Fsp3) is 1.00. The number of nitrogens with zero attached hydrogens (tertiary/aromatic N) is 1. The molecule has 0 saturated carbocycles. The van der Waals surface area contributed by atoms with Crippen LogP contribution in [0.2, 0.25) is 0 Å². The van der Waals surface area contributed by atoms with E-state index in [2.05, 4.69) is 39.6 Å². The molecule has 0 heterocycles. The van der Waals surface area contributed by atoms with Gasteiger partial charge >= 0.3 is 0 Å². The molecule has 0 radical (unpaired) electrons. The van der Waals surface area contributed by atoms with Gasteiger partial charge in [-0.05, 0) is 44.0 Å². The lowest BCUT2D eigenvalue weighted by Gasteiger charge is -2.22. The van der Waals surface area contributed by atoms with E-state index in [0.29, 0.717) is 15.8 Å². The Morgan fingerprint density at radius 3 is 1.25 bits per heavy atom. The maximum atomic E-state index is 2.56. The lowest BCUT2D eigenvalue weighted by molar-refractivity contribution is 0.378. The number of hydrogen-bond donors (Lipinski definition) is 0. The SMILES string of the molecule is CCP(CC)CCN(C)CCP(CC)CC. The normalized spacial score (nSPS) is 12.0. The van der Waals surface area contributed by atoms with Crippen LogP contribution in [0.15, 0.2) is 0 Å². The monoisotopic (exact) mass is 263 g/mol. The first-order chi connectivity index (χ1) is 7.67. The zero-order chi connectivity index (χ0) is 12.4. The first-order valence-electron chi connectivity index (χ1n) is 6.81. The van der Waals surface area contributed by atoms with Gasteiger partial charge in [-0.2, -0.15) is 0 Å². The molecule has 0 aromatic heterocycles. The highest BCUT2D eigenvalue weighted by atomic mass is 31.1. The van der Waals surface area contributed by atoms with Crippen molar-refractivity contribution in [2.45, 2.75) is 27.7 Å². The van der Waals surface area contributed by atoms with Crippen molar-refractivity contribution >= 4 is 15.8 Å². The highest BCUT2D eigenvalue weighted by Gasteiger charge is 2.07. The minimum atomic E-state index is 0.342. The molecule has 0 bridgehead atoms. The average Bonchev–Trinajstić information content (AvgIpc) is 2.31. The molecule has 0 aromatic rings. The van der Waals surface area contributed by atoms with E-state index in [1.54, 1.807) is 0 Å². The third-order valence-electron chi connectivity index (χ3n) is 3.38. The van der Waals surface area contributed by atoms with E-state index in [0.717, 1.165) is 0 Å². The molecule has 0 atom stereocenters. The second-order valence-electron chi connectivity index (χ2n) is 4.36. The van der Waals surface area contributed by atoms with Crippen LogP contribution < -0.4 is 0 Å². The van der Waals surface area contributed by atoms with Crippen LogP contribution in [0.3, 0.4) is 0 Å². The third kappa shape index (κ3) is 7.99. The van der Waals surface area contributed by atoms with E-state index in [1.807, 2.05) is 0 Å². The van der Waals surface area contributed by atoms with Crippen molar-refractivity contribution in [1.29, 1.82) is 0 Å². The molecule has 98 valence electrons. The Morgan fingerprint density at radius 2 is 1.00 bits per heavy atom. The number of hydrogen-bond acceptors (Lipinski definition) is 1. The molecule has 1 nitrogen and oxygen atoms in total. The summed E-state index contributed by atoms with van der Waals surface area (Å²) in [4.78, 5) is 2.56. The van der Waals surface area contributed by atoms with Crippen LogP contribution in [0.25, 0.3) is 0 Å². The van der Waals surface area contributed by atoms with Gasteiger partial charge in [0, 0.05) is 13.1 Å². The smallest absolute Gasteiger partial charge is 0.00178 e. The van der Waals surface area contributed by atoms with E-state index in [-0.39, 0.29) is 0 Å². The summed E-state index contributed by atoms with van der Waals surface area (Å²) in [5, 5.41) is 0. The highest BCUT2D eigenvalue weighted by molar-refractivity contribution is 7.57. The van der Waals surface area contributed by atoms with Crippen molar-refractivity contribution in [2.24, 2.45) is 0 Å². The van der Waals surface area contributed by atoms with E-state index >= 15 is 0 Å². The summed E-state index contributed by atoms with van der Waals surface area (Å²) in [6.07, 6.45) is 8.56. The fourth-order valence-electron chi connectivity index (χ4n) is 1.82. The molecule has 0 amide bonds. The molecule has 0 unspecified atom stereocenters. The van der Waals surface area contributed by atoms with Gasteiger partial charge in [0.2, 0.25) is 0 Å². The molecule has 0 aliphatic heterocycles. The molecular formula is C13H31NP2. The maximum absolute atomic E-state index is 2.56. The van der Waals surface area contributed by atoms with Crippen LogP contribution in [0.5, 0.6) is 0 Å². The minimum absolute atomic E-state index is 0.342. The van der Waals surface area contributed by atoms with Crippen molar-refractivity contribution in [3.63, 3.8) is 0 Å². The van der Waals surface area contributed by atoms with Gasteiger partial charge < -0.3 is 4.90 Å². The van der Waals surface area contributed by atoms with E-state index in [9.17, 15) is 0 Å². The van der Waals surface area contributed by atoms with Crippen LogP contribution in [0.4, 0.5) is 0 Å². The first-order valence-corrected chi connectivity index (χ1v) is 10.6. The summed E-state index contributed by atoms with van der Waals surface area (Å²) in [6, 6.07) is 0. The Labute approximate surface area is 106 Å². The van der Waals surface area contributed by atoms with Crippen molar-refractivity contribution in [3.8, 4) is 0 Å². The second-order valence-corrected chi connectivity index (χ2v) is 10.5. The third-order valence-corrected chi connectivity index (χ3v) is 8.63. The zero-order valence-electron chi connectivity index (χ0n) is 12.0.